The quantitative estimate of drug-likeness (QED) is 0.108. The summed E-state index contributed by atoms with van der Waals surface area (Å²) in [6.45, 7) is 4.61. The van der Waals surface area contributed by atoms with Crippen LogP contribution in [0, 0.1) is 17.8 Å². The third-order valence-corrected chi connectivity index (χ3v) is 8.07. The van der Waals surface area contributed by atoms with Crippen molar-refractivity contribution in [3.05, 3.63) is 71.3 Å². The highest BCUT2D eigenvalue weighted by Gasteiger charge is 2.12. The van der Waals surface area contributed by atoms with Gasteiger partial charge in [0.15, 0.2) is 0 Å². The van der Waals surface area contributed by atoms with Crippen molar-refractivity contribution in [2.75, 3.05) is 0 Å². The van der Waals surface area contributed by atoms with E-state index in [0.717, 1.165) is 11.5 Å². The normalized spacial score (nSPS) is 11.7. The molecule has 1 atom stereocenters. The Kier molecular flexibility index (Phi) is 19.4. The van der Waals surface area contributed by atoms with Crippen molar-refractivity contribution in [1.29, 1.82) is 0 Å². The Balaban J connectivity index is 1.82. The van der Waals surface area contributed by atoms with Crippen LogP contribution in [0.15, 0.2) is 54.6 Å². The molecule has 0 heterocycles. The topological polar surface area (TPSA) is 0 Å². The average molecular weight is 515 g/mol. The molecule has 0 N–H and O–H groups in total. The van der Waals surface area contributed by atoms with Crippen molar-refractivity contribution in [1.82, 2.24) is 0 Å². The highest BCUT2D eigenvalue weighted by Crippen LogP contribution is 2.25. The first-order chi connectivity index (χ1) is 18.8. The van der Waals surface area contributed by atoms with E-state index in [1.165, 1.54) is 146 Å². The van der Waals surface area contributed by atoms with Gasteiger partial charge in [-0.3, -0.25) is 0 Å². The van der Waals surface area contributed by atoms with Gasteiger partial charge in [0, 0.05) is 11.1 Å². The molecule has 0 heteroatoms. The van der Waals surface area contributed by atoms with E-state index in [0.29, 0.717) is 0 Å². The molecule has 210 valence electrons. The van der Waals surface area contributed by atoms with Gasteiger partial charge in [-0.25, -0.2) is 0 Å². The Bertz CT molecular complexity index is 852. The van der Waals surface area contributed by atoms with Crippen molar-refractivity contribution in [3.8, 4) is 11.8 Å². The lowest BCUT2D eigenvalue weighted by Crippen LogP contribution is -2.07. The fraction of sp³-hybridized carbons (Fsp3) is 0.632. The van der Waals surface area contributed by atoms with Gasteiger partial charge in [-0.2, -0.15) is 0 Å². The summed E-state index contributed by atoms with van der Waals surface area (Å²) in [7, 11) is 0. The zero-order valence-electron chi connectivity index (χ0n) is 25.1. The van der Waals surface area contributed by atoms with Gasteiger partial charge in [0.2, 0.25) is 0 Å². The molecule has 38 heavy (non-hydrogen) atoms. The molecule has 0 aliphatic rings. The molecule has 0 radical (unpaired) electrons. The van der Waals surface area contributed by atoms with E-state index in [1.54, 1.807) is 0 Å². The van der Waals surface area contributed by atoms with Gasteiger partial charge < -0.3 is 0 Å². The van der Waals surface area contributed by atoms with Gasteiger partial charge in [-0.05, 0) is 36.1 Å². The SMILES string of the molecule is CCCCCCCCCCCCC(CCCCCCCCCC)Cc1ccccc1C#Cc1ccccc1. The molecule has 0 spiro atoms. The van der Waals surface area contributed by atoms with Crippen LogP contribution in [0.25, 0.3) is 0 Å². The lowest BCUT2D eigenvalue weighted by Gasteiger charge is -2.18. The van der Waals surface area contributed by atoms with Crippen LogP contribution in [0.2, 0.25) is 0 Å². The lowest BCUT2D eigenvalue weighted by molar-refractivity contribution is 0.399. The minimum Gasteiger partial charge on any atom is -0.0654 e. The summed E-state index contributed by atoms with van der Waals surface area (Å²) in [5.74, 6) is 7.68. The molecule has 0 aromatic heterocycles. The fourth-order valence-electron chi connectivity index (χ4n) is 5.63. The van der Waals surface area contributed by atoms with Gasteiger partial charge >= 0.3 is 0 Å². The summed E-state index contributed by atoms with van der Waals surface area (Å²) in [5.41, 5.74) is 3.77. The van der Waals surface area contributed by atoms with E-state index in [-0.39, 0.29) is 0 Å². The largest absolute Gasteiger partial charge is 0.0654 e. The predicted octanol–water partition coefficient (Wildman–Crippen LogP) is 12.1. The zero-order valence-corrected chi connectivity index (χ0v) is 25.1. The summed E-state index contributed by atoms with van der Waals surface area (Å²) in [6.07, 6.45) is 29.5. The molecule has 0 nitrogen and oxygen atoms in total. The van der Waals surface area contributed by atoms with E-state index in [9.17, 15) is 0 Å². The molecule has 2 aromatic carbocycles. The second kappa shape index (κ2) is 22.9. The van der Waals surface area contributed by atoms with E-state index in [1.807, 2.05) is 0 Å². The first-order valence-electron chi connectivity index (χ1n) is 16.5. The number of hydrogen-bond donors (Lipinski definition) is 0. The second-order valence-electron chi connectivity index (χ2n) is 11.6. The number of unbranched alkanes of at least 4 members (excludes halogenated alkanes) is 16. The van der Waals surface area contributed by atoms with Crippen LogP contribution < -0.4 is 0 Å². The van der Waals surface area contributed by atoms with Crippen LogP contribution in [-0.2, 0) is 6.42 Å². The maximum Gasteiger partial charge on any atom is 0.0281 e. The summed E-state index contributed by atoms with van der Waals surface area (Å²) in [6, 6.07) is 19.3. The van der Waals surface area contributed by atoms with Gasteiger partial charge in [0.1, 0.15) is 0 Å². The first-order valence-corrected chi connectivity index (χ1v) is 16.5. The highest BCUT2D eigenvalue weighted by atomic mass is 14.2. The van der Waals surface area contributed by atoms with Crippen LogP contribution in [0.4, 0.5) is 0 Å². The Morgan fingerprint density at radius 1 is 0.474 bits per heavy atom. The molecule has 0 amide bonds. The molecule has 0 saturated heterocycles. The maximum absolute atomic E-state index is 3.49. The minimum absolute atomic E-state index is 0.795. The molecule has 0 fully saturated rings. The van der Waals surface area contributed by atoms with Crippen LogP contribution in [0.1, 0.15) is 159 Å². The van der Waals surface area contributed by atoms with Crippen molar-refractivity contribution in [2.45, 2.75) is 149 Å². The zero-order chi connectivity index (χ0) is 26.9. The van der Waals surface area contributed by atoms with E-state index < -0.39 is 0 Å². The Morgan fingerprint density at radius 3 is 1.45 bits per heavy atom. The van der Waals surface area contributed by atoms with Crippen molar-refractivity contribution >= 4 is 0 Å². The summed E-state index contributed by atoms with van der Waals surface area (Å²) < 4.78 is 0. The minimum atomic E-state index is 0.795. The first kappa shape index (κ1) is 32.2. The van der Waals surface area contributed by atoms with Crippen LogP contribution in [0.5, 0.6) is 0 Å². The van der Waals surface area contributed by atoms with Crippen molar-refractivity contribution in [2.24, 2.45) is 5.92 Å². The van der Waals surface area contributed by atoms with Crippen LogP contribution >= 0.6 is 0 Å². The molecule has 0 saturated carbocycles. The summed E-state index contributed by atoms with van der Waals surface area (Å²) in [5, 5.41) is 0. The van der Waals surface area contributed by atoms with Crippen molar-refractivity contribution in [3.63, 3.8) is 0 Å². The molecule has 0 aliphatic carbocycles. The molecular formula is C38H58. The molecule has 2 aromatic rings. The van der Waals surface area contributed by atoms with Gasteiger partial charge in [-0.15, -0.1) is 0 Å². The lowest BCUT2D eigenvalue weighted by atomic mass is 9.87. The van der Waals surface area contributed by atoms with Crippen LogP contribution in [0.3, 0.4) is 0 Å². The van der Waals surface area contributed by atoms with Crippen LogP contribution in [-0.4, -0.2) is 0 Å². The highest BCUT2D eigenvalue weighted by molar-refractivity contribution is 5.46. The Labute approximate surface area is 237 Å². The predicted molar refractivity (Wildman–Crippen MR) is 170 cm³/mol. The average Bonchev–Trinajstić information content (AvgIpc) is 2.95. The third kappa shape index (κ3) is 16.1. The molecule has 2 rings (SSSR count). The smallest absolute Gasteiger partial charge is 0.0281 e. The van der Waals surface area contributed by atoms with Gasteiger partial charge in [0.05, 0.1) is 0 Å². The van der Waals surface area contributed by atoms with E-state index in [2.05, 4.69) is 80.3 Å². The number of rotatable bonds is 22. The number of benzene rings is 2. The molecule has 1 unspecified atom stereocenters. The molecule has 0 aliphatic heterocycles. The Hall–Kier alpha value is -2.00. The van der Waals surface area contributed by atoms with E-state index >= 15 is 0 Å². The molecule has 0 bridgehead atoms. The van der Waals surface area contributed by atoms with Gasteiger partial charge in [0.25, 0.3) is 0 Å². The second-order valence-corrected chi connectivity index (χ2v) is 11.6. The number of hydrogen-bond acceptors (Lipinski definition) is 0. The fourth-order valence-corrected chi connectivity index (χ4v) is 5.63. The van der Waals surface area contributed by atoms with E-state index in [4.69, 9.17) is 0 Å². The van der Waals surface area contributed by atoms with Crippen molar-refractivity contribution < 1.29 is 0 Å². The standard InChI is InChI=1S/C38H58/c1-3-5-7-9-11-13-14-16-18-21-29-36(28-20-17-15-12-10-8-6-4-2)34-38-31-25-24-30-37(38)33-32-35-26-22-19-23-27-35/h19,22-27,30-31,36H,3-18,20-21,28-29,34H2,1-2H3. The maximum atomic E-state index is 3.49. The van der Waals surface area contributed by atoms with Gasteiger partial charge in [-0.1, -0.05) is 191 Å². The third-order valence-electron chi connectivity index (χ3n) is 8.07. The monoisotopic (exact) mass is 514 g/mol. The molecular weight excluding hydrogens is 456 g/mol. The summed E-state index contributed by atoms with van der Waals surface area (Å²) >= 11 is 0. The summed E-state index contributed by atoms with van der Waals surface area (Å²) in [4.78, 5) is 0. The Morgan fingerprint density at radius 2 is 0.921 bits per heavy atom.